The molecule has 1 saturated heterocycles. The maximum atomic E-state index is 13.2. The highest BCUT2D eigenvalue weighted by atomic mass is 16.2. The summed E-state index contributed by atoms with van der Waals surface area (Å²) in [6.45, 7) is 7.98. The van der Waals surface area contributed by atoms with E-state index >= 15 is 0 Å². The van der Waals surface area contributed by atoms with Gasteiger partial charge in [-0.2, -0.15) is 0 Å². The zero-order valence-corrected chi connectivity index (χ0v) is 18.6. The molecule has 0 saturated carbocycles. The first-order valence-corrected chi connectivity index (χ1v) is 10.6. The number of hydrogen-bond donors (Lipinski definition) is 1. The molecule has 1 aliphatic heterocycles. The lowest BCUT2D eigenvalue weighted by Gasteiger charge is -2.26. The van der Waals surface area contributed by atoms with Crippen LogP contribution in [0, 0.1) is 20.8 Å². The van der Waals surface area contributed by atoms with Crippen LogP contribution in [0.25, 0.3) is 11.8 Å². The maximum absolute atomic E-state index is 13.2. The van der Waals surface area contributed by atoms with Crippen molar-refractivity contribution in [2.24, 2.45) is 0 Å². The molecule has 6 nitrogen and oxygen atoms in total. The summed E-state index contributed by atoms with van der Waals surface area (Å²) >= 11 is 0. The molecule has 6 heteroatoms. The molecule has 1 aliphatic rings. The van der Waals surface area contributed by atoms with Crippen LogP contribution >= 0.6 is 0 Å². The summed E-state index contributed by atoms with van der Waals surface area (Å²) in [6, 6.07) is 16.5. The number of hydrogen-bond acceptors (Lipinski definition) is 3. The number of aryl methyl sites for hydroxylation is 3. The van der Waals surface area contributed by atoms with Gasteiger partial charge in [-0.3, -0.25) is 14.9 Å². The monoisotopic (exact) mass is 427 g/mol. The summed E-state index contributed by atoms with van der Waals surface area (Å²) in [5.41, 5.74) is 6.22. The van der Waals surface area contributed by atoms with Crippen LogP contribution in [-0.2, 0) is 16.0 Å². The highest BCUT2D eigenvalue weighted by Crippen LogP contribution is 2.26. The zero-order chi connectivity index (χ0) is 23.0. The van der Waals surface area contributed by atoms with Crippen molar-refractivity contribution in [1.29, 1.82) is 0 Å². The molecule has 162 valence electrons. The van der Waals surface area contributed by atoms with Gasteiger partial charge in [-0.25, -0.2) is 9.69 Å². The number of barbiturate groups is 1. The third-order valence-electron chi connectivity index (χ3n) is 5.73. The number of urea groups is 1. The summed E-state index contributed by atoms with van der Waals surface area (Å²) in [5, 5.41) is 2.29. The Labute approximate surface area is 187 Å². The van der Waals surface area contributed by atoms with Crippen LogP contribution in [0.1, 0.15) is 35.0 Å². The molecular weight excluding hydrogens is 402 g/mol. The van der Waals surface area contributed by atoms with Crippen LogP contribution in [0.3, 0.4) is 0 Å². The molecule has 4 rings (SSSR count). The average molecular weight is 428 g/mol. The molecule has 2 heterocycles. The molecule has 0 radical (unpaired) electrons. The summed E-state index contributed by atoms with van der Waals surface area (Å²) in [6.07, 6.45) is 2.41. The SMILES string of the molecule is CCc1ccc(N2C(=O)NC(=O)/C(=C/c3cc(C)n(-c4cccc(C)c4)c3C)C2=O)cc1. The van der Waals surface area contributed by atoms with Crippen molar-refractivity contribution in [1.82, 2.24) is 9.88 Å². The summed E-state index contributed by atoms with van der Waals surface area (Å²) < 4.78 is 2.08. The van der Waals surface area contributed by atoms with Crippen molar-refractivity contribution in [2.45, 2.75) is 34.1 Å². The lowest BCUT2D eigenvalue weighted by atomic mass is 10.1. The molecule has 1 fully saturated rings. The molecule has 0 unspecified atom stereocenters. The Kier molecular flexibility index (Phi) is 5.53. The van der Waals surface area contributed by atoms with Gasteiger partial charge in [0.05, 0.1) is 5.69 Å². The van der Waals surface area contributed by atoms with Gasteiger partial charge in [-0.1, -0.05) is 31.2 Å². The van der Waals surface area contributed by atoms with Gasteiger partial charge in [0, 0.05) is 17.1 Å². The fourth-order valence-electron chi connectivity index (χ4n) is 4.03. The highest BCUT2D eigenvalue weighted by molar-refractivity contribution is 6.39. The number of imide groups is 2. The zero-order valence-electron chi connectivity index (χ0n) is 18.6. The first-order chi connectivity index (χ1) is 15.3. The van der Waals surface area contributed by atoms with Crippen LogP contribution in [-0.4, -0.2) is 22.4 Å². The van der Waals surface area contributed by atoms with Crippen LogP contribution in [0.5, 0.6) is 0 Å². The van der Waals surface area contributed by atoms with E-state index in [-0.39, 0.29) is 5.57 Å². The van der Waals surface area contributed by atoms with Gasteiger partial charge in [0.25, 0.3) is 11.8 Å². The van der Waals surface area contributed by atoms with Gasteiger partial charge in [0.15, 0.2) is 0 Å². The first-order valence-electron chi connectivity index (χ1n) is 10.6. The van der Waals surface area contributed by atoms with Gasteiger partial charge in [0.1, 0.15) is 5.57 Å². The molecule has 0 spiro atoms. The van der Waals surface area contributed by atoms with Crippen LogP contribution in [0.2, 0.25) is 0 Å². The van der Waals surface area contributed by atoms with Gasteiger partial charge in [-0.15, -0.1) is 0 Å². The smallest absolute Gasteiger partial charge is 0.318 e. The number of carbonyl (C=O) groups is 3. The standard InChI is InChI=1S/C26H25N3O3/c1-5-19-9-11-21(12-10-19)29-25(31)23(24(30)27-26(29)32)15-20-14-17(3)28(18(20)4)22-8-6-7-16(2)13-22/h6-15H,5H2,1-4H3,(H,27,30,32)/b23-15-. The Balaban J connectivity index is 1.74. The van der Waals surface area contributed by atoms with E-state index in [9.17, 15) is 14.4 Å². The Morgan fingerprint density at radius 2 is 1.62 bits per heavy atom. The van der Waals surface area contributed by atoms with Crippen molar-refractivity contribution < 1.29 is 14.4 Å². The molecule has 0 atom stereocenters. The topological polar surface area (TPSA) is 71.4 Å². The van der Waals surface area contributed by atoms with E-state index in [4.69, 9.17) is 0 Å². The molecule has 0 bridgehead atoms. The van der Waals surface area contributed by atoms with Crippen molar-refractivity contribution in [3.63, 3.8) is 0 Å². The van der Waals surface area contributed by atoms with E-state index in [1.165, 1.54) is 0 Å². The lowest BCUT2D eigenvalue weighted by Crippen LogP contribution is -2.54. The molecular formula is C26H25N3O3. The molecule has 32 heavy (non-hydrogen) atoms. The Hall–Kier alpha value is -3.93. The van der Waals surface area contributed by atoms with Crippen LogP contribution in [0.15, 0.2) is 60.2 Å². The van der Waals surface area contributed by atoms with Gasteiger partial charge in [-0.05, 0) is 80.3 Å². The van der Waals surface area contributed by atoms with Crippen molar-refractivity contribution in [2.75, 3.05) is 4.90 Å². The summed E-state index contributed by atoms with van der Waals surface area (Å²) in [5.74, 6) is -1.33. The fourth-order valence-corrected chi connectivity index (χ4v) is 4.03. The number of carbonyl (C=O) groups excluding carboxylic acids is 3. The molecule has 0 aliphatic carbocycles. The summed E-state index contributed by atoms with van der Waals surface area (Å²) in [7, 11) is 0. The minimum absolute atomic E-state index is 0.0753. The number of benzene rings is 2. The van der Waals surface area contributed by atoms with E-state index in [1.807, 2.05) is 64.1 Å². The Bertz CT molecular complexity index is 1270. The van der Waals surface area contributed by atoms with E-state index in [1.54, 1.807) is 18.2 Å². The number of amides is 4. The number of nitrogens with one attached hydrogen (secondary N) is 1. The maximum Gasteiger partial charge on any atom is 0.335 e. The molecule has 4 amide bonds. The van der Waals surface area contributed by atoms with Crippen LogP contribution < -0.4 is 10.2 Å². The predicted molar refractivity (Wildman–Crippen MR) is 125 cm³/mol. The van der Waals surface area contributed by atoms with E-state index < -0.39 is 17.8 Å². The fraction of sp³-hybridized carbons (Fsp3) is 0.192. The van der Waals surface area contributed by atoms with Gasteiger partial charge >= 0.3 is 6.03 Å². The second kappa shape index (κ2) is 8.30. The van der Waals surface area contributed by atoms with E-state index in [0.29, 0.717) is 5.69 Å². The predicted octanol–water partition coefficient (Wildman–Crippen LogP) is 4.63. The highest BCUT2D eigenvalue weighted by Gasteiger charge is 2.37. The minimum Gasteiger partial charge on any atom is -0.318 e. The van der Waals surface area contributed by atoms with Gasteiger partial charge < -0.3 is 4.57 Å². The lowest BCUT2D eigenvalue weighted by molar-refractivity contribution is -0.122. The van der Waals surface area contributed by atoms with E-state index in [0.717, 1.165) is 45.1 Å². The average Bonchev–Trinajstić information content (AvgIpc) is 3.04. The second-order valence-corrected chi connectivity index (χ2v) is 7.98. The molecule has 2 aromatic carbocycles. The van der Waals surface area contributed by atoms with Crippen molar-refractivity contribution in [3.05, 3.63) is 88.2 Å². The number of nitrogens with zero attached hydrogens (tertiary/aromatic N) is 2. The number of anilines is 1. The normalized spacial score (nSPS) is 15.4. The van der Waals surface area contributed by atoms with E-state index in [2.05, 4.69) is 16.0 Å². The Morgan fingerprint density at radius 1 is 0.906 bits per heavy atom. The van der Waals surface area contributed by atoms with Crippen molar-refractivity contribution in [3.8, 4) is 5.69 Å². The molecule has 1 aromatic heterocycles. The molecule has 1 N–H and O–H groups in total. The van der Waals surface area contributed by atoms with Gasteiger partial charge in [0.2, 0.25) is 0 Å². The third kappa shape index (κ3) is 3.75. The van der Waals surface area contributed by atoms with Crippen LogP contribution in [0.4, 0.5) is 10.5 Å². The largest absolute Gasteiger partial charge is 0.335 e. The first kappa shape index (κ1) is 21.3. The minimum atomic E-state index is -0.744. The third-order valence-corrected chi connectivity index (χ3v) is 5.73. The Morgan fingerprint density at radius 3 is 2.28 bits per heavy atom. The number of rotatable bonds is 4. The quantitative estimate of drug-likeness (QED) is 0.487. The number of aromatic nitrogens is 1. The molecule has 3 aromatic rings. The summed E-state index contributed by atoms with van der Waals surface area (Å²) in [4.78, 5) is 39.2. The van der Waals surface area contributed by atoms with Crippen molar-refractivity contribution >= 4 is 29.6 Å². The second-order valence-electron chi connectivity index (χ2n) is 7.98.